The van der Waals surface area contributed by atoms with Crippen LogP contribution in [0.1, 0.15) is 28.5 Å². The van der Waals surface area contributed by atoms with Crippen molar-refractivity contribution >= 4 is 0 Å². The zero-order valence-corrected chi connectivity index (χ0v) is 16.1. The molecule has 0 atom stereocenters. The van der Waals surface area contributed by atoms with Crippen molar-refractivity contribution in [2.75, 3.05) is 26.2 Å². The minimum absolute atomic E-state index is 0.667. The Kier molecular flexibility index (Phi) is 5.05. The largest absolute Gasteiger partial charge is 0.361 e. The number of aryl methyl sites for hydroxylation is 3. The highest BCUT2D eigenvalue weighted by Crippen LogP contribution is 2.21. The third-order valence-corrected chi connectivity index (χ3v) is 5.24. The van der Waals surface area contributed by atoms with Crippen LogP contribution >= 0.6 is 0 Å². The molecule has 27 heavy (non-hydrogen) atoms. The molecule has 0 radical (unpaired) electrons. The van der Waals surface area contributed by atoms with Crippen LogP contribution in [0.25, 0.3) is 11.4 Å². The maximum Gasteiger partial charge on any atom is 0.241 e. The van der Waals surface area contributed by atoms with E-state index in [2.05, 4.69) is 38.1 Å². The van der Waals surface area contributed by atoms with Crippen molar-refractivity contribution in [2.24, 2.45) is 0 Å². The predicted molar refractivity (Wildman–Crippen MR) is 101 cm³/mol. The number of benzene rings is 1. The monoisotopic (exact) mass is 367 g/mol. The molecule has 142 valence electrons. The Morgan fingerprint density at radius 2 is 1.59 bits per heavy atom. The average molecular weight is 367 g/mol. The second kappa shape index (κ2) is 7.62. The highest BCUT2D eigenvalue weighted by atomic mass is 16.5. The normalized spacial score (nSPS) is 16.1. The van der Waals surface area contributed by atoms with Crippen LogP contribution in [0.3, 0.4) is 0 Å². The van der Waals surface area contributed by atoms with Gasteiger partial charge in [0.1, 0.15) is 5.76 Å². The van der Waals surface area contributed by atoms with Crippen molar-refractivity contribution in [2.45, 2.75) is 33.9 Å². The SMILES string of the molecule is Cc1ccccc1-c1noc(CN2CCN(Cc3c(C)noc3C)CC2)n1. The van der Waals surface area contributed by atoms with Gasteiger partial charge in [-0.2, -0.15) is 4.98 Å². The fourth-order valence-electron chi connectivity index (χ4n) is 3.50. The lowest BCUT2D eigenvalue weighted by molar-refractivity contribution is 0.111. The van der Waals surface area contributed by atoms with Gasteiger partial charge >= 0.3 is 0 Å². The van der Waals surface area contributed by atoms with Gasteiger partial charge in [0.15, 0.2) is 0 Å². The number of hydrogen-bond acceptors (Lipinski definition) is 7. The third-order valence-electron chi connectivity index (χ3n) is 5.24. The van der Waals surface area contributed by atoms with Gasteiger partial charge < -0.3 is 9.05 Å². The summed E-state index contributed by atoms with van der Waals surface area (Å²) in [5, 5.41) is 8.20. The first-order valence-electron chi connectivity index (χ1n) is 9.35. The van der Waals surface area contributed by atoms with Crippen LogP contribution < -0.4 is 0 Å². The molecule has 0 unspecified atom stereocenters. The second-order valence-electron chi connectivity index (χ2n) is 7.18. The minimum Gasteiger partial charge on any atom is -0.361 e. The van der Waals surface area contributed by atoms with Gasteiger partial charge in [0.25, 0.3) is 0 Å². The summed E-state index contributed by atoms with van der Waals surface area (Å²) in [6.07, 6.45) is 0. The Bertz CT molecular complexity index is 889. The first-order valence-corrected chi connectivity index (χ1v) is 9.35. The molecule has 0 amide bonds. The van der Waals surface area contributed by atoms with E-state index in [1.165, 1.54) is 5.56 Å². The molecule has 1 fully saturated rings. The molecule has 3 heterocycles. The smallest absolute Gasteiger partial charge is 0.241 e. The lowest BCUT2D eigenvalue weighted by atomic mass is 10.1. The predicted octanol–water partition coefficient (Wildman–Crippen LogP) is 2.97. The van der Waals surface area contributed by atoms with Gasteiger partial charge in [0.2, 0.25) is 11.7 Å². The van der Waals surface area contributed by atoms with E-state index < -0.39 is 0 Å². The molecule has 4 rings (SSSR count). The van der Waals surface area contributed by atoms with Crippen LogP contribution in [-0.2, 0) is 13.1 Å². The molecule has 0 aliphatic carbocycles. The number of aromatic nitrogens is 3. The molecule has 0 saturated carbocycles. The van der Waals surface area contributed by atoms with Gasteiger partial charge in [-0.15, -0.1) is 0 Å². The van der Waals surface area contributed by atoms with Gasteiger partial charge in [0.05, 0.1) is 12.2 Å². The summed E-state index contributed by atoms with van der Waals surface area (Å²) in [4.78, 5) is 9.38. The molecular weight excluding hydrogens is 342 g/mol. The zero-order valence-electron chi connectivity index (χ0n) is 16.1. The van der Waals surface area contributed by atoms with Crippen LogP contribution in [0, 0.1) is 20.8 Å². The maximum atomic E-state index is 5.48. The number of rotatable bonds is 5. The van der Waals surface area contributed by atoms with Crippen molar-refractivity contribution in [3.05, 3.63) is 52.7 Å². The third kappa shape index (κ3) is 3.94. The summed E-state index contributed by atoms with van der Waals surface area (Å²) >= 11 is 0. The fourth-order valence-corrected chi connectivity index (χ4v) is 3.50. The summed E-state index contributed by atoms with van der Waals surface area (Å²) in [7, 11) is 0. The minimum atomic E-state index is 0.667. The van der Waals surface area contributed by atoms with Gasteiger partial charge in [0, 0.05) is 43.9 Å². The van der Waals surface area contributed by atoms with E-state index >= 15 is 0 Å². The Morgan fingerprint density at radius 3 is 2.26 bits per heavy atom. The van der Waals surface area contributed by atoms with Crippen molar-refractivity contribution in [3.8, 4) is 11.4 Å². The summed E-state index contributed by atoms with van der Waals surface area (Å²) in [5.41, 5.74) is 4.38. The van der Waals surface area contributed by atoms with E-state index in [1.807, 2.05) is 32.0 Å². The molecular formula is C20H25N5O2. The van der Waals surface area contributed by atoms with E-state index in [0.717, 1.165) is 55.3 Å². The summed E-state index contributed by atoms with van der Waals surface area (Å²) in [6, 6.07) is 8.10. The van der Waals surface area contributed by atoms with Crippen molar-refractivity contribution in [1.82, 2.24) is 25.1 Å². The molecule has 1 aliphatic heterocycles. The number of nitrogens with zero attached hydrogens (tertiary/aromatic N) is 5. The van der Waals surface area contributed by atoms with E-state index in [4.69, 9.17) is 9.05 Å². The van der Waals surface area contributed by atoms with E-state index in [1.54, 1.807) is 0 Å². The molecule has 7 heteroatoms. The number of hydrogen-bond donors (Lipinski definition) is 0. The van der Waals surface area contributed by atoms with E-state index in [-0.39, 0.29) is 0 Å². The van der Waals surface area contributed by atoms with Crippen molar-refractivity contribution < 1.29 is 9.05 Å². The van der Waals surface area contributed by atoms with Gasteiger partial charge in [-0.25, -0.2) is 0 Å². The van der Waals surface area contributed by atoms with E-state index in [0.29, 0.717) is 18.3 Å². The summed E-state index contributed by atoms with van der Waals surface area (Å²) < 4.78 is 10.8. The molecule has 3 aromatic rings. The Labute approximate surface area is 158 Å². The topological polar surface area (TPSA) is 71.4 Å². The quantitative estimate of drug-likeness (QED) is 0.686. The molecule has 0 spiro atoms. The molecule has 0 bridgehead atoms. The Morgan fingerprint density at radius 1 is 0.889 bits per heavy atom. The van der Waals surface area contributed by atoms with Gasteiger partial charge in [-0.1, -0.05) is 34.6 Å². The highest BCUT2D eigenvalue weighted by molar-refractivity contribution is 5.58. The fraction of sp³-hybridized carbons (Fsp3) is 0.450. The Balaban J connectivity index is 1.33. The van der Waals surface area contributed by atoms with Crippen LogP contribution in [0.4, 0.5) is 0 Å². The second-order valence-corrected chi connectivity index (χ2v) is 7.18. The van der Waals surface area contributed by atoms with Crippen LogP contribution in [-0.4, -0.2) is 51.3 Å². The van der Waals surface area contributed by atoms with Crippen molar-refractivity contribution in [1.29, 1.82) is 0 Å². The first-order chi connectivity index (χ1) is 13.1. The van der Waals surface area contributed by atoms with Gasteiger partial charge in [-0.3, -0.25) is 9.80 Å². The standard InChI is InChI=1S/C20H25N5O2/c1-14-6-4-5-7-17(14)20-21-19(27-23-20)13-25-10-8-24(9-11-25)12-18-15(2)22-26-16(18)3/h4-7H,8-13H2,1-3H3. The highest BCUT2D eigenvalue weighted by Gasteiger charge is 2.21. The first kappa shape index (κ1) is 17.9. The number of piperazine rings is 1. The molecule has 1 aliphatic rings. The summed E-state index contributed by atoms with van der Waals surface area (Å²) in [6.45, 7) is 11.6. The average Bonchev–Trinajstić information content (AvgIpc) is 3.25. The summed E-state index contributed by atoms with van der Waals surface area (Å²) in [5.74, 6) is 2.26. The van der Waals surface area contributed by atoms with Crippen LogP contribution in [0.5, 0.6) is 0 Å². The molecule has 0 N–H and O–H groups in total. The Hall–Kier alpha value is -2.51. The molecule has 1 aromatic carbocycles. The molecule has 1 saturated heterocycles. The van der Waals surface area contributed by atoms with Crippen LogP contribution in [0.2, 0.25) is 0 Å². The zero-order chi connectivity index (χ0) is 18.8. The van der Waals surface area contributed by atoms with Crippen molar-refractivity contribution in [3.63, 3.8) is 0 Å². The lowest BCUT2D eigenvalue weighted by Crippen LogP contribution is -2.45. The van der Waals surface area contributed by atoms with Gasteiger partial charge in [-0.05, 0) is 26.3 Å². The molecule has 2 aromatic heterocycles. The maximum absolute atomic E-state index is 5.48. The van der Waals surface area contributed by atoms with E-state index in [9.17, 15) is 0 Å². The lowest BCUT2D eigenvalue weighted by Gasteiger charge is -2.33. The molecule has 7 nitrogen and oxygen atoms in total. The van der Waals surface area contributed by atoms with Crippen LogP contribution in [0.15, 0.2) is 33.3 Å².